The Bertz CT molecular complexity index is 1560. The molecule has 3 aromatic carbocycles. The fraction of sp³-hybridized carbons (Fsp3) is 0.344. The fourth-order valence-electron chi connectivity index (χ4n) is 5.04. The van der Waals surface area contributed by atoms with Crippen LogP contribution in [0, 0.1) is 0 Å². The molecule has 0 spiro atoms. The zero-order valence-corrected chi connectivity index (χ0v) is 24.1. The summed E-state index contributed by atoms with van der Waals surface area (Å²) in [6, 6.07) is 25.6. The van der Waals surface area contributed by atoms with Crippen LogP contribution < -0.4 is 16.7 Å². The molecule has 1 aliphatic heterocycles. The molecule has 8 heteroatoms. The highest BCUT2D eigenvalue weighted by atomic mass is 16.2. The first-order valence-electron chi connectivity index (χ1n) is 14.0. The lowest BCUT2D eigenvalue weighted by atomic mass is 9.87. The third-order valence-electron chi connectivity index (χ3n) is 7.32. The van der Waals surface area contributed by atoms with Crippen molar-refractivity contribution in [2.45, 2.75) is 65.5 Å². The van der Waals surface area contributed by atoms with Crippen molar-refractivity contribution in [2.75, 3.05) is 7.05 Å². The molecule has 0 saturated carbocycles. The van der Waals surface area contributed by atoms with Crippen molar-refractivity contribution in [1.82, 2.24) is 30.4 Å². The standard InChI is InChI=1S/C32H39N7O/c1-6-38-29(34-39(31(38)40)22-24-16-18-28(19-17-24)32(2,3)4)15-8-11-23-10-7-12-25(20-23)26-13-9-14-27(21-26)30-33-36-37(5)35-30/h7,9-10,12-14,16-21,36H,6,8,11,15,22H2,1-5H3,(H,33,35). The van der Waals surface area contributed by atoms with Gasteiger partial charge in [0.2, 0.25) is 0 Å². The van der Waals surface area contributed by atoms with E-state index in [1.54, 1.807) is 14.4 Å². The lowest BCUT2D eigenvalue weighted by Gasteiger charge is -2.19. The number of aromatic nitrogens is 3. The summed E-state index contributed by atoms with van der Waals surface area (Å²) in [6.07, 6.45) is 2.58. The van der Waals surface area contributed by atoms with Gasteiger partial charge in [-0.1, -0.05) is 87.5 Å². The summed E-state index contributed by atoms with van der Waals surface area (Å²) >= 11 is 0. The average Bonchev–Trinajstić information content (AvgIpc) is 3.51. The molecular formula is C32H39N7O. The molecule has 2 heterocycles. The molecule has 1 aliphatic rings. The molecule has 0 unspecified atom stereocenters. The maximum absolute atomic E-state index is 13.1. The minimum atomic E-state index is -0.0398. The molecule has 8 nitrogen and oxygen atoms in total. The molecular weight excluding hydrogens is 498 g/mol. The topological polar surface area (TPSA) is 79.5 Å². The molecule has 0 amide bonds. The number of hydrogen-bond donors (Lipinski definition) is 2. The van der Waals surface area contributed by atoms with Gasteiger partial charge in [-0.05, 0) is 59.1 Å². The summed E-state index contributed by atoms with van der Waals surface area (Å²) in [6.45, 7) is 9.73. The van der Waals surface area contributed by atoms with E-state index in [2.05, 4.69) is 104 Å². The van der Waals surface area contributed by atoms with Crippen LogP contribution in [-0.4, -0.2) is 32.3 Å². The van der Waals surface area contributed by atoms with Crippen LogP contribution in [0.5, 0.6) is 0 Å². The molecule has 0 aliphatic carbocycles. The van der Waals surface area contributed by atoms with Crippen LogP contribution >= 0.6 is 0 Å². The van der Waals surface area contributed by atoms with Crippen LogP contribution in [0.15, 0.2) is 82.7 Å². The Balaban J connectivity index is 1.25. The third kappa shape index (κ3) is 6.18. The third-order valence-corrected chi connectivity index (χ3v) is 7.32. The van der Waals surface area contributed by atoms with Gasteiger partial charge in [0.05, 0.1) is 6.54 Å². The first-order valence-corrected chi connectivity index (χ1v) is 14.0. The largest absolute Gasteiger partial charge is 0.346 e. The van der Waals surface area contributed by atoms with E-state index in [-0.39, 0.29) is 11.1 Å². The van der Waals surface area contributed by atoms with E-state index < -0.39 is 0 Å². The Labute approximate surface area is 236 Å². The van der Waals surface area contributed by atoms with Crippen molar-refractivity contribution in [2.24, 2.45) is 5.10 Å². The van der Waals surface area contributed by atoms with Crippen LogP contribution in [0.1, 0.15) is 62.2 Å². The Morgan fingerprint density at radius 1 is 0.850 bits per heavy atom. The number of nitrogens with one attached hydrogen (secondary N) is 2. The number of hydrazine groups is 2. The molecule has 40 heavy (non-hydrogen) atoms. The monoisotopic (exact) mass is 537 g/mol. The van der Waals surface area contributed by atoms with E-state index in [0.717, 1.165) is 47.6 Å². The smallest absolute Gasteiger partial charge is 0.282 e. The van der Waals surface area contributed by atoms with E-state index in [1.807, 2.05) is 20.0 Å². The summed E-state index contributed by atoms with van der Waals surface area (Å²) in [5.41, 5.74) is 13.1. The van der Waals surface area contributed by atoms with Crippen LogP contribution in [0.3, 0.4) is 0 Å². The fourth-order valence-corrected chi connectivity index (χ4v) is 5.04. The van der Waals surface area contributed by atoms with E-state index in [0.29, 0.717) is 13.1 Å². The van der Waals surface area contributed by atoms with Crippen molar-refractivity contribution in [3.8, 4) is 11.1 Å². The Hall–Kier alpha value is -4.17. The number of benzene rings is 3. The van der Waals surface area contributed by atoms with Crippen LogP contribution in [0.25, 0.3) is 11.1 Å². The minimum Gasteiger partial charge on any atom is -0.282 e. The first-order chi connectivity index (χ1) is 19.2. The summed E-state index contributed by atoms with van der Waals surface area (Å²) in [4.78, 5) is 13.1. The van der Waals surface area contributed by atoms with Crippen molar-refractivity contribution < 1.29 is 0 Å². The molecule has 208 valence electrons. The number of hydrazone groups is 1. The number of rotatable bonds is 9. The van der Waals surface area contributed by atoms with E-state index in [9.17, 15) is 4.79 Å². The van der Waals surface area contributed by atoms with Gasteiger partial charge in [0, 0.05) is 25.6 Å². The van der Waals surface area contributed by atoms with Crippen molar-refractivity contribution in [1.29, 1.82) is 0 Å². The summed E-state index contributed by atoms with van der Waals surface area (Å²) < 4.78 is 3.41. The van der Waals surface area contributed by atoms with Crippen molar-refractivity contribution in [3.63, 3.8) is 0 Å². The molecule has 0 fully saturated rings. The highest BCUT2D eigenvalue weighted by molar-refractivity contribution is 5.99. The van der Waals surface area contributed by atoms with Gasteiger partial charge < -0.3 is 0 Å². The van der Waals surface area contributed by atoms with Gasteiger partial charge in [-0.15, -0.1) is 10.2 Å². The Morgan fingerprint density at radius 2 is 1.55 bits per heavy atom. The van der Waals surface area contributed by atoms with Gasteiger partial charge in [0.1, 0.15) is 5.82 Å². The SMILES string of the molecule is CCn1c(CCCc2cccc(-c3cccc(C4=NNN(C)N4)c3)c2)nn(Cc2ccc(C(C)(C)C)cc2)c1=O. The number of nitrogens with zero attached hydrogens (tertiary/aromatic N) is 5. The first kappa shape index (κ1) is 27.4. The lowest BCUT2D eigenvalue weighted by Crippen LogP contribution is -2.37. The summed E-state index contributed by atoms with van der Waals surface area (Å²) in [5.74, 6) is 1.65. The summed E-state index contributed by atoms with van der Waals surface area (Å²) in [7, 11) is 1.87. The normalized spacial score (nSPS) is 13.7. The molecule has 2 N–H and O–H groups in total. The highest BCUT2D eigenvalue weighted by Crippen LogP contribution is 2.24. The quantitative estimate of drug-likeness (QED) is 0.319. The molecule has 5 rings (SSSR count). The van der Waals surface area contributed by atoms with Gasteiger partial charge >= 0.3 is 5.69 Å². The predicted octanol–water partition coefficient (Wildman–Crippen LogP) is 4.87. The lowest BCUT2D eigenvalue weighted by molar-refractivity contribution is 0.232. The molecule has 0 bridgehead atoms. The second-order valence-corrected chi connectivity index (χ2v) is 11.4. The van der Waals surface area contributed by atoms with Gasteiger partial charge in [-0.2, -0.15) is 5.10 Å². The van der Waals surface area contributed by atoms with Gasteiger partial charge in [-0.3, -0.25) is 9.99 Å². The number of hydrogen-bond acceptors (Lipinski definition) is 6. The second kappa shape index (κ2) is 11.5. The second-order valence-electron chi connectivity index (χ2n) is 11.4. The maximum Gasteiger partial charge on any atom is 0.346 e. The molecule has 1 aromatic heterocycles. The van der Waals surface area contributed by atoms with Gasteiger partial charge in [-0.25, -0.2) is 15.0 Å². The van der Waals surface area contributed by atoms with Crippen LogP contribution in [0.4, 0.5) is 0 Å². The van der Waals surface area contributed by atoms with Crippen molar-refractivity contribution >= 4 is 5.84 Å². The van der Waals surface area contributed by atoms with Crippen molar-refractivity contribution in [3.05, 3.63) is 111 Å². The maximum atomic E-state index is 13.1. The molecule has 0 radical (unpaired) electrons. The zero-order valence-electron chi connectivity index (χ0n) is 24.1. The number of aryl methyl sites for hydroxylation is 2. The predicted molar refractivity (Wildman–Crippen MR) is 161 cm³/mol. The molecule has 0 saturated heterocycles. The van der Waals surface area contributed by atoms with E-state index in [4.69, 9.17) is 5.10 Å². The highest BCUT2D eigenvalue weighted by Gasteiger charge is 2.16. The zero-order chi connectivity index (χ0) is 28.3. The van der Waals surface area contributed by atoms with Gasteiger partial charge in [0.25, 0.3) is 0 Å². The van der Waals surface area contributed by atoms with Crippen LogP contribution in [-0.2, 0) is 31.3 Å². The molecule has 0 atom stereocenters. The van der Waals surface area contributed by atoms with E-state index >= 15 is 0 Å². The minimum absolute atomic E-state index is 0.0398. The van der Waals surface area contributed by atoms with E-state index in [1.165, 1.54) is 16.7 Å². The van der Waals surface area contributed by atoms with Gasteiger partial charge in [0.15, 0.2) is 5.84 Å². The van der Waals surface area contributed by atoms with Crippen LogP contribution in [0.2, 0.25) is 0 Å². The molecule has 4 aromatic rings. The Kier molecular flexibility index (Phi) is 7.89. The number of amidine groups is 1. The summed E-state index contributed by atoms with van der Waals surface area (Å²) in [5, 5.41) is 10.8. The average molecular weight is 538 g/mol. The Morgan fingerprint density at radius 3 is 2.23 bits per heavy atom.